The second kappa shape index (κ2) is 8.48. The van der Waals surface area contributed by atoms with Gasteiger partial charge in [-0.2, -0.15) is 0 Å². The van der Waals surface area contributed by atoms with E-state index >= 15 is 0 Å². The lowest BCUT2D eigenvalue weighted by Crippen LogP contribution is -2.32. The van der Waals surface area contributed by atoms with Gasteiger partial charge in [0.1, 0.15) is 0 Å². The molecule has 1 aliphatic heterocycles. The number of unbranched alkanes of at least 4 members (excludes halogenated alkanes) is 2. The maximum atomic E-state index is 10.4. The lowest BCUT2D eigenvalue weighted by Gasteiger charge is -2.23. The van der Waals surface area contributed by atoms with Gasteiger partial charge in [-0.15, -0.1) is 0 Å². The highest BCUT2D eigenvalue weighted by atomic mass is 16.5. The van der Waals surface area contributed by atoms with Crippen LogP contribution >= 0.6 is 0 Å². The van der Waals surface area contributed by atoms with Gasteiger partial charge in [0.25, 0.3) is 0 Å². The first-order valence-corrected chi connectivity index (χ1v) is 6.78. The van der Waals surface area contributed by atoms with Crippen molar-refractivity contribution in [2.24, 2.45) is 0 Å². The molecule has 0 bridgehead atoms. The van der Waals surface area contributed by atoms with Crippen molar-refractivity contribution in [3.63, 3.8) is 0 Å². The Morgan fingerprint density at radius 2 is 2.24 bits per heavy atom. The average Bonchev–Trinajstić information content (AvgIpc) is 2.79. The molecule has 0 radical (unpaired) electrons. The summed E-state index contributed by atoms with van der Waals surface area (Å²) in [6, 6.07) is 0. The summed E-state index contributed by atoms with van der Waals surface area (Å²) >= 11 is 0. The molecule has 0 saturated carbocycles. The van der Waals surface area contributed by atoms with Crippen LogP contribution in [0.25, 0.3) is 0 Å². The van der Waals surface area contributed by atoms with Crippen LogP contribution < -0.4 is 0 Å². The fourth-order valence-corrected chi connectivity index (χ4v) is 2.24. The minimum atomic E-state index is -0.684. The molecular formula is C13H25NO3. The summed E-state index contributed by atoms with van der Waals surface area (Å²) in [7, 11) is 0. The van der Waals surface area contributed by atoms with Gasteiger partial charge in [-0.1, -0.05) is 13.3 Å². The van der Waals surface area contributed by atoms with Gasteiger partial charge in [0, 0.05) is 19.6 Å². The molecule has 1 saturated heterocycles. The largest absolute Gasteiger partial charge is 0.481 e. The van der Waals surface area contributed by atoms with Crippen molar-refractivity contribution < 1.29 is 14.6 Å². The molecule has 1 N–H and O–H groups in total. The zero-order valence-corrected chi connectivity index (χ0v) is 10.9. The Morgan fingerprint density at radius 1 is 1.41 bits per heavy atom. The number of nitrogens with zero attached hydrogens (tertiary/aromatic N) is 1. The number of likely N-dealkylation sites (N-methyl/N-ethyl adjacent to an activating group) is 1. The number of carboxylic acid groups (broad SMARTS) is 1. The molecule has 0 aromatic rings. The van der Waals surface area contributed by atoms with Crippen LogP contribution in [0, 0.1) is 0 Å². The minimum absolute atomic E-state index is 0.303. The molecule has 1 heterocycles. The second-order valence-electron chi connectivity index (χ2n) is 4.73. The van der Waals surface area contributed by atoms with Gasteiger partial charge in [-0.3, -0.25) is 4.79 Å². The molecule has 1 rings (SSSR count). The maximum absolute atomic E-state index is 10.4. The zero-order chi connectivity index (χ0) is 12.5. The molecule has 1 atom stereocenters. The second-order valence-corrected chi connectivity index (χ2v) is 4.73. The number of hydrogen-bond acceptors (Lipinski definition) is 3. The third-order valence-corrected chi connectivity index (χ3v) is 3.30. The Kier molecular flexibility index (Phi) is 7.21. The Bertz CT molecular complexity index is 215. The van der Waals surface area contributed by atoms with Gasteiger partial charge in [-0.25, -0.2) is 0 Å². The summed E-state index contributed by atoms with van der Waals surface area (Å²) < 4.78 is 5.62. The number of ether oxygens (including phenoxy) is 1. The lowest BCUT2D eigenvalue weighted by molar-refractivity contribution is -0.137. The Labute approximate surface area is 104 Å². The number of carbonyl (C=O) groups is 1. The maximum Gasteiger partial charge on any atom is 0.303 e. The van der Waals surface area contributed by atoms with Gasteiger partial charge in [-0.05, 0) is 38.8 Å². The summed E-state index contributed by atoms with van der Waals surface area (Å²) in [5.74, 6) is -0.684. The fraction of sp³-hybridized carbons (Fsp3) is 0.923. The first-order chi connectivity index (χ1) is 8.22. The number of rotatable bonds is 9. The van der Waals surface area contributed by atoms with Crippen LogP contribution in [0.5, 0.6) is 0 Å². The van der Waals surface area contributed by atoms with Gasteiger partial charge in [0.05, 0.1) is 6.10 Å². The molecule has 0 amide bonds. The third-order valence-electron chi connectivity index (χ3n) is 3.30. The molecule has 4 heteroatoms. The van der Waals surface area contributed by atoms with Crippen molar-refractivity contribution in [1.29, 1.82) is 0 Å². The van der Waals surface area contributed by atoms with E-state index in [-0.39, 0.29) is 0 Å². The molecule has 17 heavy (non-hydrogen) atoms. The van der Waals surface area contributed by atoms with Crippen molar-refractivity contribution in [3.8, 4) is 0 Å². The molecule has 1 aliphatic rings. The third kappa shape index (κ3) is 6.64. The van der Waals surface area contributed by atoms with E-state index in [1.54, 1.807) is 0 Å². The van der Waals surface area contributed by atoms with Crippen molar-refractivity contribution >= 4 is 5.97 Å². The van der Waals surface area contributed by atoms with Crippen molar-refractivity contribution in [2.45, 2.75) is 51.6 Å². The van der Waals surface area contributed by atoms with E-state index in [1.165, 1.54) is 12.8 Å². The fourth-order valence-electron chi connectivity index (χ4n) is 2.24. The number of aliphatic carboxylic acids is 1. The summed E-state index contributed by atoms with van der Waals surface area (Å²) in [6.45, 7) is 6.25. The van der Waals surface area contributed by atoms with Gasteiger partial charge >= 0.3 is 5.97 Å². The summed E-state index contributed by atoms with van der Waals surface area (Å²) in [6.07, 6.45) is 6.01. The highest BCUT2D eigenvalue weighted by Gasteiger charge is 2.17. The molecule has 1 unspecified atom stereocenters. The van der Waals surface area contributed by atoms with Crippen LogP contribution in [0.4, 0.5) is 0 Å². The predicted octanol–water partition coefficient (Wildman–Crippen LogP) is 2.13. The molecule has 1 fully saturated rings. The summed E-state index contributed by atoms with van der Waals surface area (Å²) in [5.41, 5.74) is 0. The van der Waals surface area contributed by atoms with Crippen molar-refractivity contribution in [3.05, 3.63) is 0 Å². The smallest absolute Gasteiger partial charge is 0.303 e. The molecule has 4 nitrogen and oxygen atoms in total. The van der Waals surface area contributed by atoms with Crippen molar-refractivity contribution in [1.82, 2.24) is 4.90 Å². The van der Waals surface area contributed by atoms with Gasteiger partial charge < -0.3 is 14.7 Å². The van der Waals surface area contributed by atoms with Gasteiger partial charge in [0.2, 0.25) is 0 Å². The molecular weight excluding hydrogens is 218 g/mol. The van der Waals surface area contributed by atoms with Crippen LogP contribution in [0.2, 0.25) is 0 Å². The van der Waals surface area contributed by atoms with Crippen LogP contribution in [-0.2, 0) is 9.53 Å². The average molecular weight is 243 g/mol. The summed E-state index contributed by atoms with van der Waals surface area (Å²) in [5, 5.41) is 8.53. The highest BCUT2D eigenvalue weighted by molar-refractivity contribution is 5.66. The van der Waals surface area contributed by atoms with Crippen LogP contribution in [-0.4, -0.2) is 48.3 Å². The standard InChI is InChI=1S/C13H25NO3/c1-2-14(11-12-7-6-10-17-12)9-5-3-4-8-13(15)16/h12H,2-11H2,1H3,(H,15,16). The van der Waals surface area contributed by atoms with E-state index in [4.69, 9.17) is 9.84 Å². The SMILES string of the molecule is CCN(CCCCCC(=O)O)CC1CCCO1. The molecule has 0 aromatic heterocycles. The summed E-state index contributed by atoms with van der Waals surface area (Å²) in [4.78, 5) is 12.8. The van der Waals surface area contributed by atoms with E-state index in [1.807, 2.05) is 0 Å². The van der Waals surface area contributed by atoms with E-state index in [0.717, 1.165) is 45.5 Å². The lowest BCUT2D eigenvalue weighted by atomic mass is 10.1. The minimum Gasteiger partial charge on any atom is -0.481 e. The first-order valence-electron chi connectivity index (χ1n) is 6.78. The topological polar surface area (TPSA) is 49.8 Å². The molecule has 0 aromatic carbocycles. The van der Waals surface area contributed by atoms with E-state index < -0.39 is 5.97 Å². The monoisotopic (exact) mass is 243 g/mol. The Morgan fingerprint density at radius 3 is 2.82 bits per heavy atom. The molecule has 0 spiro atoms. The number of carboxylic acids is 1. The first kappa shape index (κ1) is 14.5. The predicted molar refractivity (Wildman–Crippen MR) is 67.2 cm³/mol. The Balaban J connectivity index is 2.03. The van der Waals surface area contributed by atoms with E-state index in [2.05, 4.69) is 11.8 Å². The van der Waals surface area contributed by atoms with E-state index in [0.29, 0.717) is 12.5 Å². The normalized spacial score (nSPS) is 20.0. The van der Waals surface area contributed by atoms with Crippen molar-refractivity contribution in [2.75, 3.05) is 26.2 Å². The molecule has 100 valence electrons. The number of hydrogen-bond donors (Lipinski definition) is 1. The zero-order valence-electron chi connectivity index (χ0n) is 10.9. The quantitative estimate of drug-likeness (QED) is 0.630. The van der Waals surface area contributed by atoms with Crippen LogP contribution in [0.1, 0.15) is 45.4 Å². The van der Waals surface area contributed by atoms with Crippen LogP contribution in [0.15, 0.2) is 0 Å². The molecule has 0 aliphatic carbocycles. The Hall–Kier alpha value is -0.610. The van der Waals surface area contributed by atoms with Crippen LogP contribution in [0.3, 0.4) is 0 Å². The van der Waals surface area contributed by atoms with E-state index in [9.17, 15) is 4.79 Å². The van der Waals surface area contributed by atoms with Gasteiger partial charge in [0.15, 0.2) is 0 Å². The highest BCUT2D eigenvalue weighted by Crippen LogP contribution is 2.13.